The minimum absolute atomic E-state index is 0.0634. The van der Waals surface area contributed by atoms with E-state index in [1.165, 1.54) is 6.07 Å². The molecule has 25 heavy (non-hydrogen) atoms. The molecule has 0 aliphatic rings. The molecule has 8 nitrogen and oxygen atoms in total. The molecule has 1 atom stereocenters. The maximum Gasteiger partial charge on any atom is 0.433 e. The Morgan fingerprint density at radius 3 is 2.68 bits per heavy atom. The van der Waals surface area contributed by atoms with Crippen LogP contribution in [0.2, 0.25) is 0 Å². The van der Waals surface area contributed by atoms with Crippen LogP contribution < -0.4 is 10.6 Å². The van der Waals surface area contributed by atoms with Gasteiger partial charge in [-0.2, -0.15) is 0 Å². The van der Waals surface area contributed by atoms with E-state index in [1.807, 2.05) is 13.8 Å². The van der Waals surface area contributed by atoms with E-state index in [0.29, 0.717) is 5.69 Å². The number of amides is 2. The first-order valence-corrected chi connectivity index (χ1v) is 7.83. The standard InChI is InChI=1S/C17H19N3O5/c1-3-11(2)16(21)19-13-6-4-5-12(9-13)10-18-17(22)14-7-8-15(25-14)20(23)24/h4-9,11H,3,10H2,1-2H3,(H,18,22)(H,19,21)/t11-/m0/s1. The molecule has 0 fully saturated rings. The molecule has 0 aliphatic carbocycles. The Bertz CT molecular complexity index is 784. The quantitative estimate of drug-likeness (QED) is 0.591. The van der Waals surface area contributed by atoms with E-state index in [0.717, 1.165) is 18.1 Å². The number of hydrogen-bond donors (Lipinski definition) is 2. The molecule has 1 aromatic heterocycles. The van der Waals surface area contributed by atoms with E-state index in [1.54, 1.807) is 24.3 Å². The average Bonchev–Trinajstić information content (AvgIpc) is 3.09. The fraction of sp³-hybridized carbons (Fsp3) is 0.294. The van der Waals surface area contributed by atoms with E-state index in [-0.39, 0.29) is 24.1 Å². The van der Waals surface area contributed by atoms with Crippen molar-refractivity contribution in [3.8, 4) is 0 Å². The summed E-state index contributed by atoms with van der Waals surface area (Å²) in [6, 6.07) is 9.46. The first kappa shape index (κ1) is 18.2. The Morgan fingerprint density at radius 1 is 1.28 bits per heavy atom. The van der Waals surface area contributed by atoms with Crippen LogP contribution >= 0.6 is 0 Å². The fourth-order valence-corrected chi connectivity index (χ4v) is 2.03. The molecule has 0 bridgehead atoms. The van der Waals surface area contributed by atoms with Gasteiger partial charge in [-0.05, 0) is 30.2 Å². The second-order valence-electron chi connectivity index (χ2n) is 5.58. The predicted molar refractivity (Wildman–Crippen MR) is 91.1 cm³/mol. The first-order valence-electron chi connectivity index (χ1n) is 7.83. The van der Waals surface area contributed by atoms with Crippen molar-refractivity contribution in [2.75, 3.05) is 5.32 Å². The number of nitrogens with one attached hydrogen (secondary N) is 2. The summed E-state index contributed by atoms with van der Waals surface area (Å²) < 4.78 is 4.84. The number of benzene rings is 1. The number of rotatable bonds is 7. The molecule has 1 heterocycles. The van der Waals surface area contributed by atoms with Gasteiger partial charge in [0.1, 0.15) is 4.92 Å². The van der Waals surface area contributed by atoms with Gasteiger partial charge in [0.15, 0.2) is 5.76 Å². The Kier molecular flexibility index (Phi) is 5.89. The molecule has 0 aliphatic heterocycles. The molecule has 0 radical (unpaired) electrons. The van der Waals surface area contributed by atoms with Crippen molar-refractivity contribution in [2.24, 2.45) is 5.92 Å². The number of carbonyl (C=O) groups is 2. The lowest BCUT2D eigenvalue weighted by atomic mass is 10.1. The van der Waals surface area contributed by atoms with Crippen molar-refractivity contribution in [3.63, 3.8) is 0 Å². The first-order chi connectivity index (χ1) is 11.9. The molecule has 132 valence electrons. The van der Waals surface area contributed by atoms with E-state index in [9.17, 15) is 19.7 Å². The number of hydrogen-bond acceptors (Lipinski definition) is 5. The number of nitro groups is 1. The SMILES string of the molecule is CC[C@H](C)C(=O)Nc1cccc(CNC(=O)c2ccc([N+](=O)[O-])o2)c1. The Morgan fingerprint density at radius 2 is 2.04 bits per heavy atom. The lowest BCUT2D eigenvalue weighted by molar-refractivity contribution is -0.402. The van der Waals surface area contributed by atoms with Gasteiger partial charge in [-0.3, -0.25) is 19.7 Å². The van der Waals surface area contributed by atoms with Gasteiger partial charge in [0.05, 0.1) is 6.07 Å². The predicted octanol–water partition coefficient (Wildman–Crippen LogP) is 3.10. The van der Waals surface area contributed by atoms with E-state index in [2.05, 4.69) is 10.6 Å². The van der Waals surface area contributed by atoms with Gasteiger partial charge in [0.2, 0.25) is 5.91 Å². The molecule has 0 unspecified atom stereocenters. The van der Waals surface area contributed by atoms with Gasteiger partial charge in [-0.15, -0.1) is 0 Å². The zero-order valence-electron chi connectivity index (χ0n) is 13.9. The lowest BCUT2D eigenvalue weighted by Gasteiger charge is -2.11. The third kappa shape index (κ3) is 4.90. The van der Waals surface area contributed by atoms with Crippen molar-refractivity contribution in [1.82, 2.24) is 5.32 Å². The zero-order chi connectivity index (χ0) is 18.4. The van der Waals surface area contributed by atoms with Crippen molar-refractivity contribution < 1.29 is 18.9 Å². The van der Waals surface area contributed by atoms with Gasteiger partial charge >= 0.3 is 5.88 Å². The Labute approximate surface area is 144 Å². The smallest absolute Gasteiger partial charge is 0.395 e. The minimum Gasteiger partial charge on any atom is -0.395 e. The summed E-state index contributed by atoms with van der Waals surface area (Å²) in [7, 11) is 0. The molecule has 2 N–H and O–H groups in total. The van der Waals surface area contributed by atoms with Crippen LogP contribution in [-0.4, -0.2) is 16.7 Å². The van der Waals surface area contributed by atoms with Crippen LogP contribution in [0.15, 0.2) is 40.8 Å². The van der Waals surface area contributed by atoms with Crippen molar-refractivity contribution >= 4 is 23.4 Å². The third-order valence-electron chi connectivity index (χ3n) is 3.70. The van der Waals surface area contributed by atoms with Crippen LogP contribution in [-0.2, 0) is 11.3 Å². The molecular weight excluding hydrogens is 326 g/mol. The summed E-state index contributed by atoms with van der Waals surface area (Å²) in [5.74, 6) is -1.32. The summed E-state index contributed by atoms with van der Waals surface area (Å²) in [5.41, 5.74) is 1.42. The molecule has 2 rings (SSSR count). The van der Waals surface area contributed by atoms with Crippen LogP contribution in [0.3, 0.4) is 0 Å². The number of carbonyl (C=O) groups excluding carboxylic acids is 2. The van der Waals surface area contributed by atoms with E-state index >= 15 is 0 Å². The molecule has 2 amide bonds. The lowest BCUT2D eigenvalue weighted by Crippen LogP contribution is -2.22. The van der Waals surface area contributed by atoms with Gasteiger partial charge < -0.3 is 15.1 Å². The summed E-state index contributed by atoms with van der Waals surface area (Å²) in [6.45, 7) is 3.98. The van der Waals surface area contributed by atoms with Crippen LogP contribution in [0.1, 0.15) is 36.4 Å². The summed E-state index contributed by atoms with van der Waals surface area (Å²) in [4.78, 5) is 33.7. The van der Waals surface area contributed by atoms with Crippen LogP contribution in [0.4, 0.5) is 11.6 Å². The highest BCUT2D eigenvalue weighted by Gasteiger charge is 2.17. The Balaban J connectivity index is 1.96. The van der Waals surface area contributed by atoms with E-state index in [4.69, 9.17) is 4.42 Å². The molecular formula is C17H19N3O5. The third-order valence-corrected chi connectivity index (χ3v) is 3.70. The molecule has 0 saturated heterocycles. The van der Waals surface area contributed by atoms with Crippen molar-refractivity contribution in [3.05, 3.63) is 57.8 Å². The summed E-state index contributed by atoms with van der Waals surface area (Å²) in [5, 5.41) is 16.0. The highest BCUT2D eigenvalue weighted by molar-refractivity contribution is 5.92. The van der Waals surface area contributed by atoms with Crippen molar-refractivity contribution in [2.45, 2.75) is 26.8 Å². The highest BCUT2D eigenvalue weighted by Crippen LogP contribution is 2.16. The van der Waals surface area contributed by atoms with Crippen LogP contribution in [0.25, 0.3) is 0 Å². The molecule has 0 saturated carbocycles. The molecule has 2 aromatic rings. The topological polar surface area (TPSA) is 114 Å². The second kappa shape index (κ2) is 8.09. The van der Waals surface area contributed by atoms with Gasteiger partial charge in [0, 0.05) is 18.2 Å². The highest BCUT2D eigenvalue weighted by atomic mass is 16.6. The van der Waals surface area contributed by atoms with E-state index < -0.39 is 16.7 Å². The number of anilines is 1. The second-order valence-corrected chi connectivity index (χ2v) is 5.58. The summed E-state index contributed by atoms with van der Waals surface area (Å²) >= 11 is 0. The Hall–Kier alpha value is -3.16. The monoisotopic (exact) mass is 345 g/mol. The number of nitrogens with zero attached hydrogens (tertiary/aromatic N) is 1. The van der Waals surface area contributed by atoms with Crippen LogP contribution in [0, 0.1) is 16.0 Å². The van der Waals surface area contributed by atoms with Gasteiger partial charge in [0.25, 0.3) is 5.91 Å². The molecule has 0 spiro atoms. The number of furan rings is 1. The van der Waals surface area contributed by atoms with Crippen molar-refractivity contribution in [1.29, 1.82) is 0 Å². The molecule has 8 heteroatoms. The van der Waals surface area contributed by atoms with Crippen LogP contribution in [0.5, 0.6) is 0 Å². The zero-order valence-corrected chi connectivity index (χ0v) is 13.9. The van der Waals surface area contributed by atoms with Gasteiger partial charge in [-0.1, -0.05) is 26.0 Å². The maximum atomic E-state index is 11.9. The molecule has 1 aromatic carbocycles. The maximum absolute atomic E-state index is 11.9. The average molecular weight is 345 g/mol. The van der Waals surface area contributed by atoms with Gasteiger partial charge in [-0.25, -0.2) is 0 Å². The normalized spacial score (nSPS) is 11.6. The fourth-order valence-electron chi connectivity index (χ4n) is 2.03. The minimum atomic E-state index is -0.708. The largest absolute Gasteiger partial charge is 0.433 e. The summed E-state index contributed by atoms with van der Waals surface area (Å²) in [6.07, 6.45) is 0.747.